The molecule has 2 aromatic heterocycles. The monoisotopic (exact) mass is 382 g/mol. The molecule has 0 bridgehead atoms. The number of hydrogen-bond donors (Lipinski definition) is 5. The Labute approximate surface area is 159 Å². The lowest BCUT2D eigenvalue weighted by molar-refractivity contribution is -0.136. The van der Waals surface area contributed by atoms with E-state index in [1.165, 1.54) is 0 Å². The summed E-state index contributed by atoms with van der Waals surface area (Å²) in [4.78, 5) is 38.8. The molecule has 0 saturated heterocycles. The maximum absolute atomic E-state index is 11.9. The molecule has 1 amide bonds. The molecule has 7 N–H and O–H groups in total. The van der Waals surface area contributed by atoms with Gasteiger partial charge in [-0.15, -0.1) is 0 Å². The predicted molar refractivity (Wildman–Crippen MR) is 102 cm³/mol. The van der Waals surface area contributed by atoms with Crippen LogP contribution in [0.2, 0.25) is 0 Å². The number of nitrogens with one attached hydrogen (secondary N) is 2. The maximum atomic E-state index is 11.9. The Hall–Kier alpha value is -4.02. The number of nitrogens with zero attached hydrogens (tertiary/aromatic N) is 4. The van der Waals surface area contributed by atoms with Crippen LogP contribution in [0, 0.1) is 0 Å². The zero-order valence-electron chi connectivity index (χ0n) is 14.7. The van der Waals surface area contributed by atoms with E-state index in [4.69, 9.17) is 16.6 Å². The van der Waals surface area contributed by atoms with Crippen LogP contribution in [-0.4, -0.2) is 43.5 Å². The zero-order chi connectivity index (χ0) is 20.1. The summed E-state index contributed by atoms with van der Waals surface area (Å²) < 4.78 is 0. The van der Waals surface area contributed by atoms with E-state index >= 15 is 0 Å². The number of benzene rings is 1. The molecule has 1 aromatic carbocycles. The Kier molecular flexibility index (Phi) is 5.44. The lowest BCUT2D eigenvalue weighted by Gasteiger charge is -2.08. The molecule has 0 aliphatic heterocycles. The summed E-state index contributed by atoms with van der Waals surface area (Å²) in [6, 6.07) is 6.75. The summed E-state index contributed by atoms with van der Waals surface area (Å²) in [6.07, 6.45) is 1.44. The van der Waals surface area contributed by atoms with Crippen molar-refractivity contribution in [2.75, 3.05) is 23.3 Å². The van der Waals surface area contributed by atoms with E-state index in [2.05, 4.69) is 30.6 Å². The van der Waals surface area contributed by atoms with Crippen molar-refractivity contribution in [2.24, 2.45) is 0 Å². The number of rotatable bonds is 7. The number of carbonyl (C=O) groups is 2. The summed E-state index contributed by atoms with van der Waals surface area (Å²) in [5.74, 6) is -1.09. The highest BCUT2D eigenvalue weighted by molar-refractivity contribution is 5.94. The third-order valence-corrected chi connectivity index (χ3v) is 3.75. The van der Waals surface area contributed by atoms with Gasteiger partial charge in [0.2, 0.25) is 5.95 Å². The summed E-state index contributed by atoms with van der Waals surface area (Å²) >= 11 is 0. The first-order valence-electron chi connectivity index (χ1n) is 8.31. The van der Waals surface area contributed by atoms with Crippen LogP contribution in [0.1, 0.15) is 22.5 Å². The second-order valence-corrected chi connectivity index (χ2v) is 5.83. The van der Waals surface area contributed by atoms with Crippen molar-refractivity contribution < 1.29 is 14.7 Å². The Balaban J connectivity index is 1.61. The number of fused-ring (bicyclic) bond motifs is 1. The Bertz CT molecular complexity index is 1020. The van der Waals surface area contributed by atoms with E-state index in [9.17, 15) is 9.59 Å². The van der Waals surface area contributed by atoms with Gasteiger partial charge in [0.15, 0.2) is 17.0 Å². The molecular formula is C17H18N8O3. The van der Waals surface area contributed by atoms with Crippen LogP contribution in [0.5, 0.6) is 0 Å². The van der Waals surface area contributed by atoms with Crippen molar-refractivity contribution in [1.82, 2.24) is 25.3 Å². The van der Waals surface area contributed by atoms with Crippen molar-refractivity contribution in [3.05, 3.63) is 41.7 Å². The van der Waals surface area contributed by atoms with Gasteiger partial charge in [0.1, 0.15) is 0 Å². The number of aromatic nitrogens is 4. The lowest BCUT2D eigenvalue weighted by atomic mass is 10.2. The van der Waals surface area contributed by atoms with Crippen molar-refractivity contribution in [1.29, 1.82) is 0 Å². The highest BCUT2D eigenvalue weighted by Gasteiger charge is 2.08. The summed E-state index contributed by atoms with van der Waals surface area (Å²) in [5, 5.41) is 14.3. The molecule has 2 heterocycles. The molecule has 11 heteroatoms. The molecule has 144 valence electrons. The quantitative estimate of drug-likeness (QED) is 0.383. The Morgan fingerprint density at radius 2 is 1.82 bits per heavy atom. The van der Waals surface area contributed by atoms with Crippen LogP contribution in [-0.2, 0) is 11.3 Å². The van der Waals surface area contributed by atoms with Gasteiger partial charge in [0.05, 0.1) is 24.9 Å². The normalized spacial score (nSPS) is 10.6. The number of amides is 1. The van der Waals surface area contributed by atoms with E-state index in [1.54, 1.807) is 30.5 Å². The molecular weight excluding hydrogens is 364 g/mol. The molecule has 0 radical (unpaired) electrons. The van der Waals surface area contributed by atoms with E-state index in [-0.39, 0.29) is 30.6 Å². The van der Waals surface area contributed by atoms with Gasteiger partial charge < -0.3 is 27.2 Å². The molecule has 0 unspecified atom stereocenters. The third kappa shape index (κ3) is 4.58. The highest BCUT2D eigenvalue weighted by atomic mass is 16.4. The molecule has 0 aliphatic carbocycles. The van der Waals surface area contributed by atoms with E-state index in [0.29, 0.717) is 29.0 Å². The van der Waals surface area contributed by atoms with Gasteiger partial charge in [0, 0.05) is 17.8 Å². The molecule has 0 saturated carbocycles. The second kappa shape index (κ2) is 8.12. The molecule has 0 atom stereocenters. The van der Waals surface area contributed by atoms with E-state index < -0.39 is 5.97 Å². The van der Waals surface area contributed by atoms with Gasteiger partial charge in [-0.2, -0.15) is 9.97 Å². The topological polar surface area (TPSA) is 182 Å². The van der Waals surface area contributed by atoms with Crippen LogP contribution in [0.3, 0.4) is 0 Å². The summed E-state index contributed by atoms with van der Waals surface area (Å²) in [5.41, 5.74) is 13.9. The van der Waals surface area contributed by atoms with Gasteiger partial charge in [-0.1, -0.05) is 0 Å². The van der Waals surface area contributed by atoms with Crippen molar-refractivity contribution in [3.8, 4) is 0 Å². The van der Waals surface area contributed by atoms with Gasteiger partial charge in [-0.3, -0.25) is 9.59 Å². The molecule has 0 fully saturated rings. The maximum Gasteiger partial charge on any atom is 0.305 e. The van der Waals surface area contributed by atoms with Gasteiger partial charge in [-0.25, -0.2) is 9.97 Å². The van der Waals surface area contributed by atoms with Gasteiger partial charge in [0.25, 0.3) is 5.91 Å². The number of carbonyl (C=O) groups excluding carboxylic acids is 1. The van der Waals surface area contributed by atoms with Crippen LogP contribution in [0.15, 0.2) is 30.5 Å². The van der Waals surface area contributed by atoms with Crippen LogP contribution in [0.25, 0.3) is 11.2 Å². The number of carboxylic acid groups (broad SMARTS) is 1. The Morgan fingerprint density at radius 3 is 2.54 bits per heavy atom. The molecule has 0 aliphatic rings. The minimum atomic E-state index is -0.964. The fraction of sp³-hybridized carbons (Fsp3) is 0.176. The number of nitrogen functional groups attached to an aromatic ring is 2. The second-order valence-electron chi connectivity index (χ2n) is 5.83. The highest BCUT2D eigenvalue weighted by Crippen LogP contribution is 2.16. The minimum Gasteiger partial charge on any atom is -0.481 e. The van der Waals surface area contributed by atoms with Gasteiger partial charge in [-0.05, 0) is 24.3 Å². The van der Waals surface area contributed by atoms with Gasteiger partial charge >= 0.3 is 5.97 Å². The SMILES string of the molecule is Nc1nc(N)c2nc(CNc3ccc(C(=O)NCCC(=O)O)cc3)cnc2n1. The van der Waals surface area contributed by atoms with E-state index in [0.717, 1.165) is 5.69 Å². The third-order valence-electron chi connectivity index (χ3n) is 3.75. The van der Waals surface area contributed by atoms with Crippen LogP contribution in [0.4, 0.5) is 17.5 Å². The first-order valence-corrected chi connectivity index (χ1v) is 8.31. The first kappa shape index (κ1) is 18.8. The largest absolute Gasteiger partial charge is 0.481 e. The minimum absolute atomic E-state index is 0.0391. The molecule has 3 aromatic rings. The molecule has 11 nitrogen and oxygen atoms in total. The van der Waals surface area contributed by atoms with Crippen LogP contribution >= 0.6 is 0 Å². The summed E-state index contributed by atoms with van der Waals surface area (Å²) in [6.45, 7) is 0.449. The molecule has 0 spiro atoms. The van der Waals surface area contributed by atoms with E-state index in [1.807, 2.05) is 0 Å². The number of hydrogen-bond acceptors (Lipinski definition) is 9. The van der Waals surface area contributed by atoms with Crippen LogP contribution < -0.4 is 22.1 Å². The summed E-state index contributed by atoms with van der Waals surface area (Å²) in [7, 11) is 0. The fourth-order valence-electron chi connectivity index (χ4n) is 2.39. The fourth-order valence-corrected chi connectivity index (χ4v) is 2.39. The molecule has 3 rings (SSSR count). The standard InChI is InChI=1S/C17H18N8O3/c18-14-13-15(25-17(19)24-14)22-8-11(23-13)7-21-10-3-1-9(2-4-10)16(28)20-6-5-12(26)27/h1-4,8,21H,5-7H2,(H,20,28)(H,26,27)(H4,18,19,22,24,25). The number of nitrogens with two attached hydrogens (primary N) is 2. The molecule has 28 heavy (non-hydrogen) atoms. The smallest absolute Gasteiger partial charge is 0.305 e. The number of aliphatic carboxylic acids is 1. The van der Waals surface area contributed by atoms with Crippen molar-refractivity contribution in [3.63, 3.8) is 0 Å². The predicted octanol–water partition coefficient (Wildman–Crippen LogP) is 0.401. The van der Waals surface area contributed by atoms with Crippen molar-refractivity contribution >= 4 is 40.5 Å². The number of carboxylic acids is 1. The van der Waals surface area contributed by atoms with Crippen molar-refractivity contribution in [2.45, 2.75) is 13.0 Å². The lowest BCUT2D eigenvalue weighted by Crippen LogP contribution is -2.25. The average Bonchev–Trinajstić information content (AvgIpc) is 2.66. The average molecular weight is 382 g/mol. The Morgan fingerprint density at radius 1 is 1.07 bits per heavy atom. The first-order chi connectivity index (χ1) is 13.4. The number of anilines is 3. The zero-order valence-corrected chi connectivity index (χ0v) is 14.7.